The summed E-state index contributed by atoms with van der Waals surface area (Å²) in [5.74, 6) is 2.52. The summed E-state index contributed by atoms with van der Waals surface area (Å²) < 4.78 is 15.3. The maximum Gasteiger partial charge on any atom is 0.695 e. The van der Waals surface area contributed by atoms with Gasteiger partial charge in [-0.2, -0.15) is 0 Å². The quantitative estimate of drug-likeness (QED) is 0.421. The van der Waals surface area contributed by atoms with Crippen molar-refractivity contribution in [2.24, 2.45) is 5.41 Å². The summed E-state index contributed by atoms with van der Waals surface area (Å²) in [6, 6.07) is 0. The van der Waals surface area contributed by atoms with E-state index in [0.29, 0.717) is 6.42 Å². The van der Waals surface area contributed by atoms with Crippen molar-refractivity contribution < 1.29 is 14.0 Å². The zero-order valence-corrected chi connectivity index (χ0v) is 8.75. The minimum absolute atomic E-state index is 0.457. The molecule has 0 amide bonds. The van der Waals surface area contributed by atoms with E-state index in [9.17, 15) is 4.57 Å². The van der Waals surface area contributed by atoms with Gasteiger partial charge in [0, 0.05) is 4.57 Å². The Morgan fingerprint density at radius 1 is 1.85 bits per heavy atom. The predicted octanol–water partition coefficient (Wildman–Crippen LogP) is 2.26. The second-order valence-corrected chi connectivity index (χ2v) is 3.91. The van der Waals surface area contributed by atoms with Gasteiger partial charge in [0.05, 0.1) is 5.41 Å². The molecule has 2 unspecified atom stereocenters. The number of hydrogen-bond acceptors (Lipinski definition) is 2. The number of terminal acetylenes is 1. The second kappa shape index (κ2) is 5.14. The van der Waals surface area contributed by atoms with Crippen LogP contribution in [0.25, 0.3) is 0 Å². The van der Waals surface area contributed by atoms with E-state index in [0.717, 1.165) is 0 Å². The molecule has 0 aliphatic rings. The van der Waals surface area contributed by atoms with E-state index in [1.807, 2.05) is 0 Å². The van der Waals surface area contributed by atoms with E-state index in [1.165, 1.54) is 0 Å². The molecule has 0 aromatic rings. The lowest BCUT2D eigenvalue weighted by molar-refractivity contribution is 0.110. The molecular formula is C9H14O3P+. The number of hydrogen-bond donors (Lipinski definition) is 1. The SMILES string of the molecule is C#CC(C)(C)C(CC=C)O[P+](=O)O. The first-order chi connectivity index (χ1) is 5.94. The van der Waals surface area contributed by atoms with Gasteiger partial charge in [0.25, 0.3) is 0 Å². The average molecular weight is 201 g/mol. The van der Waals surface area contributed by atoms with E-state index in [-0.39, 0.29) is 0 Å². The van der Waals surface area contributed by atoms with E-state index < -0.39 is 19.8 Å². The first-order valence-electron chi connectivity index (χ1n) is 3.85. The third kappa shape index (κ3) is 4.19. The van der Waals surface area contributed by atoms with Crippen LogP contribution in [0.5, 0.6) is 0 Å². The summed E-state index contributed by atoms with van der Waals surface area (Å²) in [5.41, 5.74) is -0.568. The van der Waals surface area contributed by atoms with E-state index in [2.05, 4.69) is 12.5 Å². The molecule has 0 bridgehead atoms. The van der Waals surface area contributed by atoms with Gasteiger partial charge in [-0.1, -0.05) is 12.0 Å². The molecule has 0 radical (unpaired) electrons. The molecule has 2 atom stereocenters. The number of rotatable bonds is 5. The fourth-order valence-corrected chi connectivity index (χ4v) is 1.39. The Bertz CT molecular complexity index is 240. The van der Waals surface area contributed by atoms with Gasteiger partial charge >= 0.3 is 8.25 Å². The minimum Gasteiger partial charge on any atom is -0.133 e. The van der Waals surface area contributed by atoms with Crippen molar-refractivity contribution in [1.29, 1.82) is 0 Å². The molecule has 0 saturated heterocycles. The Balaban J connectivity index is 4.51. The fourth-order valence-electron chi connectivity index (χ4n) is 0.823. The second-order valence-electron chi connectivity index (χ2n) is 3.22. The Morgan fingerprint density at radius 2 is 2.38 bits per heavy atom. The first-order valence-corrected chi connectivity index (χ1v) is 4.98. The summed E-state index contributed by atoms with van der Waals surface area (Å²) in [4.78, 5) is 8.59. The Hall–Kier alpha value is -0.680. The highest BCUT2D eigenvalue weighted by atomic mass is 31.1. The molecule has 13 heavy (non-hydrogen) atoms. The molecule has 3 nitrogen and oxygen atoms in total. The molecule has 0 aliphatic heterocycles. The van der Waals surface area contributed by atoms with Crippen LogP contribution in [-0.2, 0) is 9.09 Å². The van der Waals surface area contributed by atoms with Crippen molar-refractivity contribution >= 4 is 8.25 Å². The minimum atomic E-state index is -2.61. The van der Waals surface area contributed by atoms with Crippen LogP contribution in [0.4, 0.5) is 0 Å². The van der Waals surface area contributed by atoms with E-state index >= 15 is 0 Å². The monoisotopic (exact) mass is 201 g/mol. The van der Waals surface area contributed by atoms with Crippen LogP contribution in [0.3, 0.4) is 0 Å². The van der Waals surface area contributed by atoms with Gasteiger partial charge in [-0.3, -0.25) is 0 Å². The lowest BCUT2D eigenvalue weighted by Gasteiger charge is -2.22. The van der Waals surface area contributed by atoms with Crippen LogP contribution in [-0.4, -0.2) is 11.0 Å². The van der Waals surface area contributed by atoms with E-state index in [4.69, 9.17) is 15.8 Å². The van der Waals surface area contributed by atoms with Crippen LogP contribution >= 0.6 is 8.25 Å². The normalized spacial score (nSPS) is 14.5. The third-order valence-electron chi connectivity index (χ3n) is 1.78. The third-order valence-corrected chi connectivity index (χ3v) is 2.21. The van der Waals surface area contributed by atoms with Gasteiger partial charge in [0.2, 0.25) is 0 Å². The highest BCUT2D eigenvalue weighted by molar-refractivity contribution is 7.32. The fraction of sp³-hybridized carbons (Fsp3) is 0.556. The van der Waals surface area contributed by atoms with Gasteiger partial charge in [-0.25, -0.2) is 0 Å². The lowest BCUT2D eigenvalue weighted by Crippen LogP contribution is -2.28. The topological polar surface area (TPSA) is 46.5 Å². The van der Waals surface area contributed by atoms with Crippen molar-refractivity contribution in [1.82, 2.24) is 0 Å². The summed E-state index contributed by atoms with van der Waals surface area (Å²) in [6.07, 6.45) is 6.87. The first kappa shape index (κ1) is 12.3. The zero-order valence-electron chi connectivity index (χ0n) is 7.86. The standard InChI is InChI=1S/C9H13O3P/c1-5-7-8(12-13(10)11)9(3,4)6-2/h2,5,8H,1,7H2,3-4H3/p+1. The molecule has 0 spiro atoms. The van der Waals surface area contributed by atoms with Gasteiger partial charge in [-0.05, 0) is 20.3 Å². The van der Waals surface area contributed by atoms with Gasteiger partial charge in [0.15, 0.2) is 0 Å². The molecule has 0 heterocycles. The highest BCUT2D eigenvalue weighted by Crippen LogP contribution is 2.32. The molecule has 0 aromatic heterocycles. The zero-order chi connectivity index (χ0) is 10.5. The molecule has 0 rings (SSSR count). The van der Waals surface area contributed by atoms with Gasteiger partial charge < -0.3 is 0 Å². The molecule has 0 aliphatic carbocycles. The maximum atomic E-state index is 10.5. The highest BCUT2D eigenvalue weighted by Gasteiger charge is 2.34. The Morgan fingerprint density at radius 3 is 2.69 bits per heavy atom. The molecule has 0 saturated carbocycles. The van der Waals surface area contributed by atoms with E-state index in [1.54, 1.807) is 19.9 Å². The largest absolute Gasteiger partial charge is 0.695 e. The predicted molar refractivity (Wildman–Crippen MR) is 52.1 cm³/mol. The molecule has 1 N–H and O–H groups in total. The van der Waals surface area contributed by atoms with Gasteiger partial charge in [0.1, 0.15) is 6.10 Å². The summed E-state index contributed by atoms with van der Waals surface area (Å²) >= 11 is 0. The van der Waals surface area contributed by atoms with Crippen LogP contribution in [0, 0.1) is 17.8 Å². The molecule has 0 fully saturated rings. The molecule has 0 aromatic carbocycles. The molecule has 4 heteroatoms. The van der Waals surface area contributed by atoms with Crippen molar-refractivity contribution in [3.63, 3.8) is 0 Å². The van der Waals surface area contributed by atoms with Crippen molar-refractivity contribution in [3.05, 3.63) is 12.7 Å². The lowest BCUT2D eigenvalue weighted by atomic mass is 9.86. The van der Waals surface area contributed by atoms with Crippen LogP contribution in [0.2, 0.25) is 0 Å². The summed E-state index contributed by atoms with van der Waals surface area (Å²) in [5, 5.41) is 0. The van der Waals surface area contributed by atoms with Crippen LogP contribution in [0.15, 0.2) is 12.7 Å². The average Bonchev–Trinajstić information content (AvgIpc) is 2.03. The van der Waals surface area contributed by atoms with Crippen molar-refractivity contribution in [2.75, 3.05) is 0 Å². The van der Waals surface area contributed by atoms with Crippen molar-refractivity contribution in [3.8, 4) is 12.3 Å². The van der Waals surface area contributed by atoms with Gasteiger partial charge in [-0.15, -0.1) is 22.4 Å². The molecular weight excluding hydrogens is 187 g/mol. The van der Waals surface area contributed by atoms with Crippen LogP contribution in [0.1, 0.15) is 20.3 Å². The summed E-state index contributed by atoms with van der Waals surface area (Å²) in [6.45, 7) is 7.09. The maximum absolute atomic E-state index is 10.5. The van der Waals surface area contributed by atoms with Crippen molar-refractivity contribution in [2.45, 2.75) is 26.4 Å². The summed E-state index contributed by atoms with van der Waals surface area (Å²) in [7, 11) is -2.61. The molecule has 72 valence electrons. The Kier molecular flexibility index (Phi) is 4.87. The smallest absolute Gasteiger partial charge is 0.133 e. The Labute approximate surface area is 79.8 Å². The van der Waals surface area contributed by atoms with Crippen LogP contribution < -0.4 is 0 Å².